The summed E-state index contributed by atoms with van der Waals surface area (Å²) in [4.78, 5) is 37.4. The van der Waals surface area contributed by atoms with Crippen molar-refractivity contribution in [2.45, 2.75) is 33.6 Å². The summed E-state index contributed by atoms with van der Waals surface area (Å²) in [6.45, 7) is 6.03. The quantitative estimate of drug-likeness (QED) is 0.872. The number of carbonyl (C=O) groups excluding carboxylic acids is 3. The van der Waals surface area contributed by atoms with Crippen LogP contribution in [0.15, 0.2) is 18.2 Å². The van der Waals surface area contributed by atoms with Crippen LogP contribution in [0, 0.1) is 12.8 Å². The van der Waals surface area contributed by atoms with E-state index in [1.54, 1.807) is 11.0 Å². The number of amides is 2. The Morgan fingerprint density at radius 3 is 2.59 bits per heavy atom. The van der Waals surface area contributed by atoms with E-state index >= 15 is 0 Å². The van der Waals surface area contributed by atoms with Gasteiger partial charge in [0.05, 0.1) is 11.6 Å². The number of Topliss-reactive ketones (excluding diaryl/α,β-unsaturated/α-hetero) is 1. The van der Waals surface area contributed by atoms with Gasteiger partial charge in [-0.25, -0.2) is 0 Å². The first-order valence-electron chi connectivity index (χ1n) is 7.57. The first kappa shape index (κ1) is 16.2. The van der Waals surface area contributed by atoms with E-state index in [0.717, 1.165) is 18.4 Å². The number of nitrogens with zero attached hydrogens (tertiary/aromatic N) is 1. The largest absolute Gasteiger partial charge is 0.342 e. The lowest BCUT2D eigenvalue weighted by Gasteiger charge is -2.31. The molecular weight excluding hydrogens is 280 g/mol. The molecule has 0 aromatic heterocycles. The Morgan fingerprint density at radius 1 is 1.23 bits per heavy atom. The molecular formula is C17H22N2O3. The molecule has 5 nitrogen and oxygen atoms in total. The third kappa shape index (κ3) is 3.53. The van der Waals surface area contributed by atoms with Gasteiger partial charge < -0.3 is 10.2 Å². The van der Waals surface area contributed by atoms with Crippen molar-refractivity contribution in [1.82, 2.24) is 4.90 Å². The third-order valence-electron chi connectivity index (χ3n) is 4.12. The van der Waals surface area contributed by atoms with Crippen molar-refractivity contribution in [3.05, 3.63) is 29.3 Å². The second-order valence-corrected chi connectivity index (χ2v) is 5.85. The standard InChI is InChI=1S/C17H22N2O3/c1-11-6-4-8-15(16(11)12(2)20)18-17(22)14-7-5-9-19(10-14)13(3)21/h4,6,8,14H,5,7,9-10H2,1-3H3,(H,18,22)/t14-/m1/s1. The van der Waals surface area contributed by atoms with Crippen LogP contribution in [0.4, 0.5) is 5.69 Å². The average molecular weight is 302 g/mol. The van der Waals surface area contributed by atoms with Crippen LogP contribution in [0.1, 0.15) is 42.6 Å². The summed E-state index contributed by atoms with van der Waals surface area (Å²) in [5.41, 5.74) is 1.95. The van der Waals surface area contributed by atoms with Gasteiger partial charge in [-0.3, -0.25) is 14.4 Å². The molecule has 1 aromatic rings. The van der Waals surface area contributed by atoms with E-state index < -0.39 is 0 Å². The van der Waals surface area contributed by atoms with Gasteiger partial charge in [-0.15, -0.1) is 0 Å². The van der Waals surface area contributed by atoms with Crippen LogP contribution in [0.25, 0.3) is 0 Å². The van der Waals surface area contributed by atoms with E-state index in [9.17, 15) is 14.4 Å². The van der Waals surface area contributed by atoms with Crippen LogP contribution in [0.5, 0.6) is 0 Å². The molecule has 1 saturated heterocycles. The zero-order valence-electron chi connectivity index (χ0n) is 13.3. The third-order valence-corrected chi connectivity index (χ3v) is 4.12. The van der Waals surface area contributed by atoms with Gasteiger partial charge >= 0.3 is 0 Å². The van der Waals surface area contributed by atoms with Crippen molar-refractivity contribution in [2.75, 3.05) is 18.4 Å². The van der Waals surface area contributed by atoms with Gasteiger partial charge in [0.25, 0.3) is 0 Å². The predicted molar refractivity (Wildman–Crippen MR) is 84.8 cm³/mol. The number of likely N-dealkylation sites (tertiary alicyclic amines) is 1. The molecule has 0 bridgehead atoms. The minimum atomic E-state index is -0.224. The second-order valence-electron chi connectivity index (χ2n) is 5.85. The topological polar surface area (TPSA) is 66.5 Å². The minimum Gasteiger partial charge on any atom is -0.342 e. The van der Waals surface area contributed by atoms with Gasteiger partial charge in [0.1, 0.15) is 0 Å². The van der Waals surface area contributed by atoms with E-state index in [2.05, 4.69) is 5.32 Å². The number of hydrogen-bond donors (Lipinski definition) is 1. The Hall–Kier alpha value is -2.17. The number of rotatable bonds is 3. The maximum absolute atomic E-state index is 12.5. The van der Waals surface area contributed by atoms with E-state index in [0.29, 0.717) is 24.3 Å². The highest BCUT2D eigenvalue weighted by Gasteiger charge is 2.27. The normalized spacial score (nSPS) is 18.0. The predicted octanol–water partition coefficient (Wildman–Crippen LogP) is 2.39. The zero-order valence-corrected chi connectivity index (χ0v) is 13.3. The van der Waals surface area contributed by atoms with Crippen molar-refractivity contribution in [3.8, 4) is 0 Å². The van der Waals surface area contributed by atoms with E-state index in [1.807, 2.05) is 19.1 Å². The molecule has 1 aliphatic heterocycles. The molecule has 1 N–H and O–H groups in total. The maximum atomic E-state index is 12.5. The fourth-order valence-electron chi connectivity index (χ4n) is 2.95. The molecule has 5 heteroatoms. The Bertz CT molecular complexity index is 610. The molecule has 1 aliphatic rings. The number of ketones is 1. The first-order valence-corrected chi connectivity index (χ1v) is 7.57. The van der Waals surface area contributed by atoms with Gasteiger partial charge in [-0.1, -0.05) is 12.1 Å². The Balaban J connectivity index is 2.14. The van der Waals surface area contributed by atoms with Gasteiger partial charge in [0.15, 0.2) is 5.78 Å². The van der Waals surface area contributed by atoms with E-state index in [4.69, 9.17) is 0 Å². The van der Waals surface area contributed by atoms with E-state index in [-0.39, 0.29) is 23.5 Å². The SMILES string of the molecule is CC(=O)c1c(C)cccc1NC(=O)[C@@H]1CCCN(C(C)=O)C1. The highest BCUT2D eigenvalue weighted by molar-refractivity contribution is 6.05. The first-order chi connectivity index (χ1) is 10.4. The van der Waals surface area contributed by atoms with Crippen molar-refractivity contribution < 1.29 is 14.4 Å². The number of anilines is 1. The van der Waals surface area contributed by atoms with Crippen LogP contribution < -0.4 is 5.32 Å². The summed E-state index contributed by atoms with van der Waals surface area (Å²) in [6, 6.07) is 5.41. The van der Waals surface area contributed by atoms with Crippen LogP contribution in [0.3, 0.4) is 0 Å². The number of benzene rings is 1. The fourth-order valence-corrected chi connectivity index (χ4v) is 2.95. The molecule has 1 heterocycles. The second kappa shape index (κ2) is 6.73. The molecule has 118 valence electrons. The van der Waals surface area contributed by atoms with Crippen LogP contribution in [-0.2, 0) is 9.59 Å². The van der Waals surface area contributed by atoms with E-state index in [1.165, 1.54) is 13.8 Å². The van der Waals surface area contributed by atoms with Gasteiger partial charge in [-0.2, -0.15) is 0 Å². The average Bonchev–Trinajstić information content (AvgIpc) is 2.47. The van der Waals surface area contributed by atoms with Gasteiger partial charge in [0.2, 0.25) is 11.8 Å². The minimum absolute atomic E-state index is 0.00233. The Morgan fingerprint density at radius 2 is 1.95 bits per heavy atom. The smallest absolute Gasteiger partial charge is 0.229 e. The molecule has 22 heavy (non-hydrogen) atoms. The molecule has 2 rings (SSSR count). The summed E-state index contributed by atoms with van der Waals surface area (Å²) in [6.07, 6.45) is 1.59. The van der Waals surface area contributed by atoms with Crippen LogP contribution >= 0.6 is 0 Å². The monoisotopic (exact) mass is 302 g/mol. The lowest BCUT2D eigenvalue weighted by Crippen LogP contribution is -2.42. The fraction of sp³-hybridized carbons (Fsp3) is 0.471. The summed E-state index contributed by atoms with van der Waals surface area (Å²) in [5.74, 6) is -0.420. The van der Waals surface area contributed by atoms with Crippen molar-refractivity contribution in [3.63, 3.8) is 0 Å². The Labute approximate surface area is 130 Å². The van der Waals surface area contributed by atoms with Gasteiger partial charge in [-0.05, 0) is 38.3 Å². The summed E-state index contributed by atoms with van der Waals surface area (Å²) >= 11 is 0. The molecule has 0 spiro atoms. The van der Waals surface area contributed by atoms with Crippen molar-refractivity contribution in [2.24, 2.45) is 5.92 Å². The maximum Gasteiger partial charge on any atom is 0.229 e. The molecule has 1 aromatic carbocycles. The molecule has 0 saturated carbocycles. The number of aryl methyl sites for hydroxylation is 1. The summed E-state index contributed by atoms with van der Waals surface area (Å²) < 4.78 is 0. The molecule has 1 fully saturated rings. The number of hydrogen-bond acceptors (Lipinski definition) is 3. The van der Waals surface area contributed by atoms with Crippen LogP contribution in [-0.4, -0.2) is 35.6 Å². The van der Waals surface area contributed by atoms with Crippen molar-refractivity contribution in [1.29, 1.82) is 0 Å². The molecule has 1 atom stereocenters. The highest BCUT2D eigenvalue weighted by Crippen LogP contribution is 2.23. The number of carbonyl (C=O) groups is 3. The molecule has 0 aliphatic carbocycles. The molecule has 0 radical (unpaired) electrons. The molecule has 0 unspecified atom stereocenters. The van der Waals surface area contributed by atoms with Crippen LogP contribution in [0.2, 0.25) is 0 Å². The van der Waals surface area contributed by atoms with Gasteiger partial charge in [0, 0.05) is 25.6 Å². The molecule has 2 amide bonds. The van der Waals surface area contributed by atoms with Crippen molar-refractivity contribution >= 4 is 23.3 Å². The lowest BCUT2D eigenvalue weighted by atomic mass is 9.96. The number of piperidine rings is 1. The highest BCUT2D eigenvalue weighted by atomic mass is 16.2. The number of nitrogens with one attached hydrogen (secondary N) is 1. The summed E-state index contributed by atoms with van der Waals surface area (Å²) in [5, 5.41) is 2.86. The summed E-state index contributed by atoms with van der Waals surface area (Å²) in [7, 11) is 0. The lowest BCUT2D eigenvalue weighted by molar-refractivity contribution is -0.132. The Kier molecular flexibility index (Phi) is 4.96. The zero-order chi connectivity index (χ0) is 16.3.